The Morgan fingerprint density at radius 3 is 2.33 bits per heavy atom. The number of nitrogens with one attached hydrogen (secondary N) is 1. The van der Waals surface area contributed by atoms with Crippen LogP contribution in [0.25, 0.3) is 0 Å². The molecule has 1 N–H and O–H groups in total. The number of amides is 1. The number of halogens is 2. The zero-order valence-corrected chi connectivity index (χ0v) is 14.8. The van der Waals surface area contributed by atoms with Gasteiger partial charge in [0, 0.05) is 5.92 Å². The van der Waals surface area contributed by atoms with Crippen molar-refractivity contribution < 1.29 is 23.1 Å². The Morgan fingerprint density at radius 2 is 1.83 bits per heavy atom. The molecule has 1 aromatic rings. The van der Waals surface area contributed by atoms with Gasteiger partial charge in [-0.3, -0.25) is 4.79 Å². The minimum Gasteiger partial charge on any atom is -0.444 e. The topological polar surface area (TPSA) is 55.4 Å². The quantitative estimate of drug-likeness (QED) is 0.850. The molecule has 2 unspecified atom stereocenters. The van der Waals surface area contributed by atoms with E-state index in [4.69, 9.17) is 4.74 Å². The number of hydrogen-bond acceptors (Lipinski definition) is 3. The van der Waals surface area contributed by atoms with E-state index in [-0.39, 0.29) is 18.1 Å². The van der Waals surface area contributed by atoms with E-state index < -0.39 is 29.4 Å². The van der Waals surface area contributed by atoms with Crippen LogP contribution in [0.15, 0.2) is 18.2 Å². The van der Waals surface area contributed by atoms with Gasteiger partial charge in [0.05, 0.1) is 6.04 Å². The lowest BCUT2D eigenvalue weighted by molar-refractivity contribution is -0.124. The van der Waals surface area contributed by atoms with Crippen LogP contribution < -0.4 is 5.32 Å². The zero-order chi connectivity index (χ0) is 18.5. The number of Topliss-reactive ketones (excluding diaryl/α,β-unsaturated/α-hetero) is 1. The SMILES string of the molecule is CCC(C)C(=O)C(Cc1ccc(F)c(F)c1)NC(=O)OC(C)(C)C. The van der Waals surface area contributed by atoms with Gasteiger partial charge in [0.25, 0.3) is 0 Å². The second-order valence-electron chi connectivity index (χ2n) is 6.86. The van der Waals surface area contributed by atoms with Gasteiger partial charge in [-0.2, -0.15) is 0 Å². The lowest BCUT2D eigenvalue weighted by Gasteiger charge is -2.24. The van der Waals surface area contributed by atoms with Crippen molar-refractivity contribution in [2.45, 2.75) is 59.1 Å². The largest absolute Gasteiger partial charge is 0.444 e. The van der Waals surface area contributed by atoms with Crippen LogP contribution in [0.5, 0.6) is 0 Å². The third-order valence-corrected chi connectivity index (χ3v) is 3.56. The second-order valence-corrected chi connectivity index (χ2v) is 6.86. The minimum atomic E-state index is -0.987. The summed E-state index contributed by atoms with van der Waals surface area (Å²) in [6, 6.07) is 2.57. The van der Waals surface area contributed by atoms with Gasteiger partial charge < -0.3 is 10.1 Å². The molecule has 0 bridgehead atoms. The maximum absolute atomic E-state index is 13.4. The molecule has 0 aliphatic heterocycles. The van der Waals surface area contributed by atoms with Gasteiger partial charge in [-0.15, -0.1) is 0 Å². The normalized spacial score (nSPS) is 14.0. The Labute approximate surface area is 141 Å². The lowest BCUT2D eigenvalue weighted by Crippen LogP contribution is -2.46. The van der Waals surface area contributed by atoms with Gasteiger partial charge in [-0.25, -0.2) is 13.6 Å². The molecule has 24 heavy (non-hydrogen) atoms. The molecule has 0 saturated carbocycles. The van der Waals surface area contributed by atoms with Gasteiger partial charge in [0.2, 0.25) is 0 Å². The van der Waals surface area contributed by atoms with E-state index in [0.717, 1.165) is 12.1 Å². The first-order valence-corrected chi connectivity index (χ1v) is 8.00. The molecule has 1 rings (SSSR count). The predicted octanol–water partition coefficient (Wildman–Crippen LogP) is 4.02. The molecule has 4 nitrogen and oxygen atoms in total. The summed E-state index contributed by atoms with van der Waals surface area (Å²) in [4.78, 5) is 24.5. The highest BCUT2D eigenvalue weighted by molar-refractivity contribution is 5.89. The van der Waals surface area contributed by atoms with Crippen molar-refractivity contribution in [1.82, 2.24) is 5.32 Å². The molecule has 0 aliphatic rings. The van der Waals surface area contributed by atoms with Crippen LogP contribution >= 0.6 is 0 Å². The lowest BCUT2D eigenvalue weighted by atomic mass is 9.93. The second kappa shape index (κ2) is 8.22. The van der Waals surface area contributed by atoms with Crippen molar-refractivity contribution >= 4 is 11.9 Å². The van der Waals surface area contributed by atoms with E-state index >= 15 is 0 Å². The zero-order valence-electron chi connectivity index (χ0n) is 14.8. The van der Waals surface area contributed by atoms with E-state index in [0.29, 0.717) is 12.0 Å². The van der Waals surface area contributed by atoms with Crippen molar-refractivity contribution in [3.8, 4) is 0 Å². The summed E-state index contributed by atoms with van der Waals surface area (Å²) in [5, 5.41) is 2.54. The fraction of sp³-hybridized carbons (Fsp3) is 0.556. The molecule has 2 atom stereocenters. The number of carbonyl (C=O) groups is 2. The third kappa shape index (κ3) is 6.26. The molecule has 0 heterocycles. The number of rotatable bonds is 6. The van der Waals surface area contributed by atoms with Gasteiger partial charge >= 0.3 is 6.09 Å². The molecule has 0 aliphatic carbocycles. The first-order chi connectivity index (χ1) is 11.0. The van der Waals surface area contributed by atoms with Gasteiger partial charge in [0.15, 0.2) is 17.4 Å². The maximum atomic E-state index is 13.4. The summed E-state index contributed by atoms with van der Waals surface area (Å²) < 4.78 is 31.6. The van der Waals surface area contributed by atoms with Crippen molar-refractivity contribution in [2.75, 3.05) is 0 Å². The summed E-state index contributed by atoms with van der Waals surface area (Å²) in [7, 11) is 0. The average Bonchev–Trinajstić information content (AvgIpc) is 2.46. The highest BCUT2D eigenvalue weighted by Crippen LogP contribution is 2.15. The predicted molar refractivity (Wildman–Crippen MR) is 87.7 cm³/mol. The fourth-order valence-corrected chi connectivity index (χ4v) is 2.12. The van der Waals surface area contributed by atoms with E-state index in [1.54, 1.807) is 27.7 Å². The average molecular weight is 341 g/mol. The van der Waals surface area contributed by atoms with Crippen LogP contribution in [0.3, 0.4) is 0 Å². The summed E-state index contributed by atoms with van der Waals surface area (Å²) in [5.74, 6) is -2.38. The number of hydrogen-bond donors (Lipinski definition) is 1. The van der Waals surface area contributed by atoms with Crippen molar-refractivity contribution in [1.29, 1.82) is 0 Å². The van der Waals surface area contributed by atoms with Gasteiger partial charge in [-0.1, -0.05) is 19.9 Å². The third-order valence-electron chi connectivity index (χ3n) is 3.56. The Bertz CT molecular complexity index is 596. The molecular weight excluding hydrogens is 316 g/mol. The van der Waals surface area contributed by atoms with E-state index in [1.807, 2.05) is 6.92 Å². The number of benzene rings is 1. The molecular formula is C18H25F2NO3. The molecule has 134 valence electrons. The summed E-state index contributed by atoms with van der Waals surface area (Å²) in [5.41, 5.74) is -0.276. The first kappa shape index (κ1) is 20.1. The molecule has 0 spiro atoms. The highest BCUT2D eigenvalue weighted by Gasteiger charge is 2.27. The Balaban J connectivity index is 2.94. The van der Waals surface area contributed by atoms with Crippen LogP contribution in [0, 0.1) is 17.6 Å². The van der Waals surface area contributed by atoms with Crippen LogP contribution in [0.2, 0.25) is 0 Å². The van der Waals surface area contributed by atoms with Crippen molar-refractivity contribution in [2.24, 2.45) is 5.92 Å². The van der Waals surface area contributed by atoms with E-state index in [9.17, 15) is 18.4 Å². The van der Waals surface area contributed by atoms with E-state index in [2.05, 4.69) is 5.32 Å². The molecule has 6 heteroatoms. The number of alkyl carbamates (subject to hydrolysis) is 1. The maximum Gasteiger partial charge on any atom is 0.408 e. The van der Waals surface area contributed by atoms with Crippen LogP contribution in [-0.4, -0.2) is 23.5 Å². The highest BCUT2D eigenvalue weighted by atomic mass is 19.2. The van der Waals surface area contributed by atoms with Crippen LogP contribution in [0.1, 0.15) is 46.6 Å². The number of ketones is 1. The van der Waals surface area contributed by atoms with Crippen molar-refractivity contribution in [3.05, 3.63) is 35.4 Å². The first-order valence-electron chi connectivity index (χ1n) is 8.00. The van der Waals surface area contributed by atoms with Crippen molar-refractivity contribution in [3.63, 3.8) is 0 Å². The summed E-state index contributed by atoms with van der Waals surface area (Å²) in [6.07, 6.45) is -0.0327. The van der Waals surface area contributed by atoms with Crippen LogP contribution in [-0.2, 0) is 16.0 Å². The molecule has 0 fully saturated rings. The summed E-state index contributed by atoms with van der Waals surface area (Å²) in [6.45, 7) is 8.77. The Hall–Kier alpha value is -1.98. The molecule has 1 aromatic carbocycles. The fourth-order valence-electron chi connectivity index (χ4n) is 2.12. The Morgan fingerprint density at radius 1 is 1.21 bits per heavy atom. The van der Waals surface area contributed by atoms with Crippen LogP contribution in [0.4, 0.5) is 13.6 Å². The number of ether oxygens (including phenoxy) is 1. The smallest absolute Gasteiger partial charge is 0.408 e. The number of carbonyl (C=O) groups excluding carboxylic acids is 2. The standard InChI is InChI=1S/C18H25F2NO3/c1-6-11(2)16(22)15(21-17(23)24-18(3,4)5)10-12-7-8-13(19)14(20)9-12/h7-9,11,15H,6,10H2,1-5H3,(H,21,23). The molecule has 1 amide bonds. The molecule has 0 saturated heterocycles. The monoisotopic (exact) mass is 341 g/mol. The molecule has 0 radical (unpaired) electrons. The molecule has 0 aromatic heterocycles. The van der Waals surface area contributed by atoms with Gasteiger partial charge in [-0.05, 0) is 51.3 Å². The van der Waals surface area contributed by atoms with Gasteiger partial charge in [0.1, 0.15) is 5.60 Å². The summed E-state index contributed by atoms with van der Waals surface area (Å²) >= 11 is 0. The minimum absolute atomic E-state index is 0.0691. The van der Waals surface area contributed by atoms with E-state index in [1.165, 1.54) is 6.07 Å². The Kier molecular flexibility index (Phi) is 6.87.